The number of benzene rings is 1. The zero-order valence-corrected chi connectivity index (χ0v) is 17.9. The highest BCUT2D eigenvalue weighted by Gasteiger charge is 2.33. The van der Waals surface area contributed by atoms with Crippen molar-refractivity contribution in [2.45, 2.75) is 39.3 Å². The van der Waals surface area contributed by atoms with Gasteiger partial charge in [-0.1, -0.05) is 5.16 Å². The van der Waals surface area contributed by atoms with Gasteiger partial charge < -0.3 is 23.6 Å². The number of aryl methyl sites for hydroxylation is 2. The van der Waals surface area contributed by atoms with Crippen LogP contribution in [0, 0.1) is 25.2 Å². The summed E-state index contributed by atoms with van der Waals surface area (Å²) in [5, 5.41) is 12.9. The van der Waals surface area contributed by atoms with Crippen LogP contribution < -0.4 is 9.64 Å². The van der Waals surface area contributed by atoms with E-state index in [1.54, 1.807) is 11.9 Å². The second-order valence-electron chi connectivity index (χ2n) is 8.15. The van der Waals surface area contributed by atoms with Crippen molar-refractivity contribution in [3.8, 4) is 22.9 Å². The van der Waals surface area contributed by atoms with Crippen LogP contribution in [-0.4, -0.2) is 58.3 Å². The van der Waals surface area contributed by atoms with Gasteiger partial charge in [0.15, 0.2) is 5.75 Å². The van der Waals surface area contributed by atoms with E-state index in [1.165, 1.54) is 0 Å². The molecular weight excluding hydrogens is 396 g/mol. The van der Waals surface area contributed by atoms with Crippen LogP contribution in [-0.2, 0) is 11.3 Å². The molecular formula is C22H24N6O3. The number of amides is 1. The minimum absolute atomic E-state index is 0.0747. The molecule has 2 aromatic heterocycles. The number of ether oxygens (including phenoxy) is 1. The average molecular weight is 420 g/mol. The minimum atomic E-state index is -0.135. The zero-order chi connectivity index (χ0) is 21.7. The van der Waals surface area contributed by atoms with Crippen molar-refractivity contribution in [2.75, 3.05) is 31.6 Å². The molecule has 2 aliphatic heterocycles. The third-order valence-corrected chi connectivity index (χ3v) is 6.32. The number of rotatable bonds is 4. The van der Waals surface area contributed by atoms with Gasteiger partial charge in [0, 0.05) is 25.7 Å². The summed E-state index contributed by atoms with van der Waals surface area (Å²) in [6, 6.07) is 6.06. The summed E-state index contributed by atoms with van der Waals surface area (Å²) in [6.45, 7) is 6.63. The SMILES string of the molecule is Cc1noc(C)c1-c1ccc2nc(N3CCC(N(C)C(=O)CC#N)C3)n3c2c1OCC3. The first-order valence-corrected chi connectivity index (χ1v) is 10.5. The zero-order valence-electron chi connectivity index (χ0n) is 17.9. The van der Waals surface area contributed by atoms with Crippen LogP contribution in [0.15, 0.2) is 16.7 Å². The standard InChI is InChI=1S/C22H24N6O3/c1-13-19(14(2)31-25-13)16-4-5-17-20-21(16)30-11-10-28(20)22(24-17)27-9-7-15(12-27)26(3)18(29)6-8-23/h4-5,15H,6-7,9-12H2,1-3H3. The molecule has 0 spiro atoms. The lowest BCUT2D eigenvalue weighted by Gasteiger charge is -2.26. The lowest BCUT2D eigenvalue weighted by molar-refractivity contribution is -0.130. The highest BCUT2D eigenvalue weighted by atomic mass is 16.5. The molecule has 31 heavy (non-hydrogen) atoms. The van der Waals surface area contributed by atoms with E-state index in [0.29, 0.717) is 19.7 Å². The summed E-state index contributed by atoms with van der Waals surface area (Å²) >= 11 is 0. The largest absolute Gasteiger partial charge is 0.489 e. The number of hydrogen-bond donors (Lipinski definition) is 0. The highest BCUT2D eigenvalue weighted by Crippen LogP contribution is 2.43. The Balaban J connectivity index is 1.52. The first-order chi connectivity index (χ1) is 15.0. The third-order valence-electron chi connectivity index (χ3n) is 6.32. The molecule has 1 unspecified atom stereocenters. The summed E-state index contributed by atoms with van der Waals surface area (Å²) in [6.07, 6.45) is 0.765. The number of carbonyl (C=O) groups is 1. The monoisotopic (exact) mass is 420 g/mol. The molecule has 160 valence electrons. The minimum Gasteiger partial charge on any atom is -0.489 e. The number of nitrogens with zero attached hydrogens (tertiary/aromatic N) is 6. The van der Waals surface area contributed by atoms with Crippen molar-refractivity contribution in [2.24, 2.45) is 0 Å². The predicted molar refractivity (Wildman–Crippen MR) is 114 cm³/mol. The number of carbonyl (C=O) groups excluding carboxylic acids is 1. The van der Waals surface area contributed by atoms with Gasteiger partial charge in [-0.3, -0.25) is 4.79 Å². The summed E-state index contributed by atoms with van der Waals surface area (Å²) < 4.78 is 13.7. The summed E-state index contributed by atoms with van der Waals surface area (Å²) in [7, 11) is 1.78. The summed E-state index contributed by atoms with van der Waals surface area (Å²) in [4.78, 5) is 21.0. The molecule has 5 rings (SSSR count). The van der Waals surface area contributed by atoms with E-state index in [-0.39, 0.29) is 18.4 Å². The number of hydrogen-bond acceptors (Lipinski definition) is 7. The van der Waals surface area contributed by atoms with Crippen molar-refractivity contribution in [3.05, 3.63) is 23.6 Å². The maximum Gasteiger partial charge on any atom is 0.236 e. The molecule has 0 aliphatic carbocycles. The molecule has 1 aromatic carbocycles. The van der Waals surface area contributed by atoms with Gasteiger partial charge in [0.1, 0.15) is 24.3 Å². The van der Waals surface area contributed by atoms with E-state index < -0.39 is 0 Å². The lowest BCUT2D eigenvalue weighted by Crippen LogP contribution is -2.39. The molecule has 1 atom stereocenters. The molecule has 9 nitrogen and oxygen atoms in total. The Bertz CT molecular complexity index is 1200. The molecule has 0 bridgehead atoms. The van der Waals surface area contributed by atoms with E-state index in [9.17, 15) is 4.79 Å². The van der Waals surface area contributed by atoms with E-state index in [4.69, 9.17) is 19.5 Å². The maximum atomic E-state index is 12.1. The molecule has 0 N–H and O–H groups in total. The maximum absolute atomic E-state index is 12.1. The van der Waals surface area contributed by atoms with Crippen LogP contribution in [0.3, 0.4) is 0 Å². The quantitative estimate of drug-likeness (QED) is 0.640. The lowest BCUT2D eigenvalue weighted by atomic mass is 10.0. The van der Waals surface area contributed by atoms with Crippen molar-refractivity contribution < 1.29 is 14.1 Å². The predicted octanol–water partition coefficient (Wildman–Crippen LogP) is 2.65. The van der Waals surface area contributed by atoms with Crippen LogP contribution in [0.5, 0.6) is 5.75 Å². The number of nitriles is 1. The van der Waals surface area contributed by atoms with E-state index in [1.807, 2.05) is 32.0 Å². The number of aromatic nitrogens is 3. The van der Waals surface area contributed by atoms with Crippen molar-refractivity contribution in [3.63, 3.8) is 0 Å². The van der Waals surface area contributed by atoms with Gasteiger partial charge in [-0.2, -0.15) is 5.26 Å². The first-order valence-electron chi connectivity index (χ1n) is 10.5. The molecule has 4 heterocycles. The van der Waals surface area contributed by atoms with Crippen LogP contribution in [0.2, 0.25) is 0 Å². The molecule has 3 aromatic rings. The second-order valence-corrected chi connectivity index (χ2v) is 8.15. The Morgan fingerprint density at radius 2 is 2.19 bits per heavy atom. The Morgan fingerprint density at radius 3 is 2.94 bits per heavy atom. The van der Waals surface area contributed by atoms with Crippen molar-refractivity contribution >= 4 is 22.9 Å². The molecule has 1 fully saturated rings. The van der Waals surface area contributed by atoms with Crippen LogP contribution in [0.1, 0.15) is 24.3 Å². The Morgan fingerprint density at radius 1 is 1.35 bits per heavy atom. The smallest absolute Gasteiger partial charge is 0.236 e. The van der Waals surface area contributed by atoms with Gasteiger partial charge in [0.2, 0.25) is 11.9 Å². The highest BCUT2D eigenvalue weighted by molar-refractivity contribution is 5.93. The second kappa shape index (κ2) is 7.30. The summed E-state index contributed by atoms with van der Waals surface area (Å²) in [5.74, 6) is 2.35. The normalized spacial score (nSPS) is 17.6. The number of likely N-dealkylation sites (N-methyl/N-ethyl adjacent to an activating group) is 1. The van der Waals surface area contributed by atoms with E-state index in [2.05, 4.69) is 14.6 Å². The summed E-state index contributed by atoms with van der Waals surface area (Å²) in [5.41, 5.74) is 4.64. The molecule has 0 saturated carbocycles. The fourth-order valence-corrected chi connectivity index (χ4v) is 4.72. The van der Waals surface area contributed by atoms with Crippen molar-refractivity contribution in [1.29, 1.82) is 5.26 Å². The van der Waals surface area contributed by atoms with Gasteiger partial charge >= 0.3 is 0 Å². The molecule has 0 radical (unpaired) electrons. The number of imidazole rings is 1. The first kappa shape index (κ1) is 19.4. The fourth-order valence-electron chi connectivity index (χ4n) is 4.72. The van der Waals surface area contributed by atoms with E-state index in [0.717, 1.165) is 58.3 Å². The van der Waals surface area contributed by atoms with Crippen molar-refractivity contribution in [1.82, 2.24) is 19.6 Å². The van der Waals surface area contributed by atoms with Crippen LogP contribution in [0.4, 0.5) is 5.95 Å². The van der Waals surface area contributed by atoms with Gasteiger partial charge in [-0.15, -0.1) is 0 Å². The van der Waals surface area contributed by atoms with Crippen LogP contribution in [0.25, 0.3) is 22.2 Å². The topological polar surface area (TPSA) is 100 Å². The van der Waals surface area contributed by atoms with Gasteiger partial charge in [0.25, 0.3) is 0 Å². The van der Waals surface area contributed by atoms with E-state index >= 15 is 0 Å². The number of anilines is 1. The Labute approximate surface area is 179 Å². The molecule has 1 amide bonds. The molecule has 2 aliphatic rings. The molecule has 9 heteroatoms. The third kappa shape index (κ3) is 3.02. The van der Waals surface area contributed by atoms with Gasteiger partial charge in [-0.25, -0.2) is 4.98 Å². The molecule has 1 saturated heterocycles. The van der Waals surface area contributed by atoms with Gasteiger partial charge in [0.05, 0.1) is 35.4 Å². The Hall–Kier alpha value is -3.54. The van der Waals surface area contributed by atoms with Crippen LogP contribution >= 0.6 is 0 Å². The Kier molecular flexibility index (Phi) is 4.58. The van der Waals surface area contributed by atoms with Gasteiger partial charge in [-0.05, 0) is 32.4 Å². The fraction of sp³-hybridized carbons (Fsp3) is 0.455. The average Bonchev–Trinajstić information content (AvgIpc) is 3.47.